The second-order valence-corrected chi connectivity index (χ2v) is 4.56. The summed E-state index contributed by atoms with van der Waals surface area (Å²) in [5.41, 5.74) is 0.979. The summed E-state index contributed by atoms with van der Waals surface area (Å²) in [7, 11) is 0. The maximum Gasteiger partial charge on any atom is 0.167 e. The molecule has 0 amide bonds. The van der Waals surface area contributed by atoms with Crippen LogP contribution in [0, 0.1) is 24.4 Å². The molecule has 0 aliphatic carbocycles. The highest BCUT2D eigenvalue weighted by atomic mass is 79.9. The van der Waals surface area contributed by atoms with Crippen molar-refractivity contribution in [3.8, 4) is 11.5 Å². The summed E-state index contributed by atoms with van der Waals surface area (Å²) in [5.74, 6) is -2.45. The summed E-state index contributed by atoms with van der Waals surface area (Å²) >= 11 is 3.22. The van der Waals surface area contributed by atoms with Gasteiger partial charge in [0.15, 0.2) is 23.2 Å². The van der Waals surface area contributed by atoms with Gasteiger partial charge in [-0.15, -0.1) is 0 Å². The smallest absolute Gasteiger partial charge is 0.167 e. The van der Waals surface area contributed by atoms with Crippen LogP contribution in [-0.2, 0) is 5.33 Å². The number of para-hydroxylation sites is 1. The zero-order chi connectivity index (χ0) is 14.0. The van der Waals surface area contributed by atoms with Crippen molar-refractivity contribution >= 4 is 15.9 Å². The van der Waals surface area contributed by atoms with Crippen molar-refractivity contribution in [2.24, 2.45) is 0 Å². The van der Waals surface area contributed by atoms with Gasteiger partial charge in [0.05, 0.1) is 0 Å². The molecule has 0 aliphatic heterocycles. The van der Waals surface area contributed by atoms with Crippen molar-refractivity contribution in [1.29, 1.82) is 0 Å². The van der Waals surface area contributed by atoms with Crippen LogP contribution in [0.4, 0.5) is 13.2 Å². The minimum atomic E-state index is -1.03. The molecule has 0 unspecified atom stereocenters. The van der Waals surface area contributed by atoms with Crippen molar-refractivity contribution in [3.05, 3.63) is 58.9 Å². The average molecular weight is 331 g/mol. The summed E-state index contributed by atoms with van der Waals surface area (Å²) in [6, 6.07) is 6.41. The van der Waals surface area contributed by atoms with Crippen LogP contribution in [0.5, 0.6) is 11.5 Å². The van der Waals surface area contributed by atoms with E-state index in [-0.39, 0.29) is 11.5 Å². The van der Waals surface area contributed by atoms with Crippen LogP contribution in [0.2, 0.25) is 0 Å². The first-order chi connectivity index (χ1) is 9.02. The molecule has 100 valence electrons. The molecule has 2 aromatic rings. The number of aryl methyl sites for hydroxylation is 1. The number of alkyl halides is 1. The maximum atomic E-state index is 13.7. The van der Waals surface area contributed by atoms with Crippen molar-refractivity contribution < 1.29 is 17.9 Å². The highest BCUT2D eigenvalue weighted by molar-refractivity contribution is 9.08. The monoisotopic (exact) mass is 330 g/mol. The number of hydrogen-bond donors (Lipinski definition) is 0. The summed E-state index contributed by atoms with van der Waals surface area (Å²) < 4.78 is 45.3. The second-order valence-electron chi connectivity index (χ2n) is 4.00. The van der Waals surface area contributed by atoms with Crippen LogP contribution in [0.1, 0.15) is 11.1 Å². The highest BCUT2D eigenvalue weighted by Crippen LogP contribution is 2.32. The van der Waals surface area contributed by atoms with Gasteiger partial charge in [0.1, 0.15) is 5.75 Å². The number of ether oxygens (including phenoxy) is 1. The Bertz CT molecular complexity index is 614. The topological polar surface area (TPSA) is 9.23 Å². The van der Waals surface area contributed by atoms with E-state index in [0.29, 0.717) is 16.5 Å². The van der Waals surface area contributed by atoms with Gasteiger partial charge < -0.3 is 4.74 Å². The van der Waals surface area contributed by atoms with E-state index in [1.54, 1.807) is 19.1 Å². The number of halogens is 4. The third kappa shape index (κ3) is 2.92. The fourth-order valence-corrected chi connectivity index (χ4v) is 2.06. The fourth-order valence-electron chi connectivity index (χ4n) is 1.62. The molecule has 5 heteroatoms. The summed E-state index contributed by atoms with van der Waals surface area (Å²) in [5, 5.41) is 0.392. The van der Waals surface area contributed by atoms with Crippen LogP contribution >= 0.6 is 15.9 Å². The zero-order valence-electron chi connectivity index (χ0n) is 10.0. The Labute approximate surface area is 117 Å². The van der Waals surface area contributed by atoms with Crippen LogP contribution in [-0.4, -0.2) is 0 Å². The normalized spacial score (nSPS) is 10.6. The SMILES string of the molecule is Cc1cc(F)c(F)cc1Oc1c(F)cccc1CBr. The van der Waals surface area contributed by atoms with Gasteiger partial charge >= 0.3 is 0 Å². The summed E-state index contributed by atoms with van der Waals surface area (Å²) in [6.07, 6.45) is 0. The van der Waals surface area contributed by atoms with Gasteiger partial charge in [-0.3, -0.25) is 0 Å². The van der Waals surface area contributed by atoms with E-state index in [2.05, 4.69) is 15.9 Å². The molecule has 0 saturated heterocycles. The van der Waals surface area contributed by atoms with Gasteiger partial charge in [-0.2, -0.15) is 0 Å². The Kier molecular flexibility index (Phi) is 4.14. The van der Waals surface area contributed by atoms with Crippen molar-refractivity contribution in [2.75, 3.05) is 0 Å². The molecule has 0 radical (unpaired) electrons. The van der Waals surface area contributed by atoms with Gasteiger partial charge in [-0.25, -0.2) is 13.2 Å². The van der Waals surface area contributed by atoms with Crippen LogP contribution in [0.15, 0.2) is 30.3 Å². The zero-order valence-corrected chi connectivity index (χ0v) is 11.6. The molecular weight excluding hydrogens is 321 g/mol. The predicted octanol–water partition coefficient (Wildman–Crippen LogP) is 5.10. The third-order valence-electron chi connectivity index (χ3n) is 2.62. The summed E-state index contributed by atoms with van der Waals surface area (Å²) in [6.45, 7) is 1.56. The Morgan fingerprint density at radius 1 is 1.05 bits per heavy atom. The quantitative estimate of drug-likeness (QED) is 0.711. The third-order valence-corrected chi connectivity index (χ3v) is 3.23. The Balaban J connectivity index is 2.44. The van der Waals surface area contributed by atoms with E-state index in [1.807, 2.05) is 0 Å². The fraction of sp³-hybridized carbons (Fsp3) is 0.143. The molecule has 0 bridgehead atoms. The number of benzene rings is 2. The minimum absolute atomic E-state index is 0.00785. The molecule has 0 aliphatic rings. The predicted molar refractivity (Wildman–Crippen MR) is 70.2 cm³/mol. The Hall–Kier alpha value is -1.49. The molecule has 0 fully saturated rings. The maximum absolute atomic E-state index is 13.7. The van der Waals surface area contributed by atoms with Crippen molar-refractivity contribution in [3.63, 3.8) is 0 Å². The lowest BCUT2D eigenvalue weighted by Crippen LogP contribution is -1.97. The Morgan fingerprint density at radius 2 is 1.74 bits per heavy atom. The first-order valence-corrected chi connectivity index (χ1v) is 6.62. The van der Waals surface area contributed by atoms with Gasteiger partial charge in [0.2, 0.25) is 0 Å². The van der Waals surface area contributed by atoms with Crippen LogP contribution in [0.3, 0.4) is 0 Å². The van der Waals surface area contributed by atoms with E-state index in [9.17, 15) is 13.2 Å². The first kappa shape index (κ1) is 13.9. The molecule has 0 aromatic heterocycles. The molecule has 2 rings (SSSR count). The van der Waals surface area contributed by atoms with Gasteiger partial charge in [0, 0.05) is 17.0 Å². The summed E-state index contributed by atoms with van der Waals surface area (Å²) in [4.78, 5) is 0. The first-order valence-electron chi connectivity index (χ1n) is 5.49. The van der Waals surface area contributed by atoms with E-state index >= 15 is 0 Å². The molecule has 0 N–H and O–H groups in total. The standard InChI is InChI=1S/C14H10BrF3O/c1-8-5-11(17)12(18)6-13(8)19-14-9(7-15)3-2-4-10(14)16/h2-6H,7H2,1H3. The Morgan fingerprint density at radius 3 is 2.42 bits per heavy atom. The largest absolute Gasteiger partial charge is 0.454 e. The van der Waals surface area contributed by atoms with E-state index in [0.717, 1.165) is 12.1 Å². The van der Waals surface area contributed by atoms with Gasteiger partial charge in [0.25, 0.3) is 0 Å². The molecule has 2 aromatic carbocycles. The molecule has 1 nitrogen and oxygen atoms in total. The number of hydrogen-bond acceptors (Lipinski definition) is 1. The van der Waals surface area contributed by atoms with E-state index < -0.39 is 17.5 Å². The molecular formula is C14H10BrF3O. The van der Waals surface area contributed by atoms with Gasteiger partial charge in [-0.05, 0) is 24.6 Å². The molecule has 0 heterocycles. The van der Waals surface area contributed by atoms with Crippen LogP contribution < -0.4 is 4.74 Å². The van der Waals surface area contributed by atoms with Crippen LogP contribution in [0.25, 0.3) is 0 Å². The van der Waals surface area contributed by atoms with Crippen molar-refractivity contribution in [1.82, 2.24) is 0 Å². The highest BCUT2D eigenvalue weighted by Gasteiger charge is 2.14. The average Bonchev–Trinajstić information content (AvgIpc) is 2.38. The lowest BCUT2D eigenvalue weighted by molar-refractivity contribution is 0.426. The molecule has 0 spiro atoms. The van der Waals surface area contributed by atoms with E-state index in [1.165, 1.54) is 6.07 Å². The van der Waals surface area contributed by atoms with Gasteiger partial charge in [-0.1, -0.05) is 28.1 Å². The minimum Gasteiger partial charge on any atom is -0.454 e. The lowest BCUT2D eigenvalue weighted by atomic mass is 10.2. The lowest BCUT2D eigenvalue weighted by Gasteiger charge is -2.12. The molecule has 0 saturated carbocycles. The molecule has 19 heavy (non-hydrogen) atoms. The molecule has 0 atom stereocenters. The van der Waals surface area contributed by atoms with Crippen molar-refractivity contribution in [2.45, 2.75) is 12.3 Å². The second kappa shape index (κ2) is 5.65. The van der Waals surface area contributed by atoms with E-state index in [4.69, 9.17) is 4.74 Å². The number of rotatable bonds is 3.